The van der Waals surface area contributed by atoms with Crippen LogP contribution in [-0.2, 0) is 4.79 Å². The van der Waals surface area contributed by atoms with Gasteiger partial charge in [0.25, 0.3) is 0 Å². The molecule has 0 heterocycles. The number of carbonyl (C=O) groups is 2. The van der Waals surface area contributed by atoms with Crippen molar-refractivity contribution in [2.75, 3.05) is 18.4 Å². The fraction of sp³-hybridized carbons (Fsp3) is 0.579. The maximum atomic E-state index is 12.2. The van der Waals surface area contributed by atoms with Gasteiger partial charge >= 0.3 is 6.03 Å². The zero-order valence-electron chi connectivity index (χ0n) is 15.3. The van der Waals surface area contributed by atoms with Crippen LogP contribution in [0.4, 0.5) is 10.5 Å². The Morgan fingerprint density at radius 3 is 2.21 bits per heavy atom. The number of hydrogen-bond donors (Lipinski definition) is 2. The molecule has 2 unspecified atom stereocenters. The van der Waals surface area contributed by atoms with E-state index in [-0.39, 0.29) is 29.3 Å². The van der Waals surface area contributed by atoms with E-state index in [4.69, 9.17) is 0 Å². The number of benzene rings is 1. The fourth-order valence-electron chi connectivity index (χ4n) is 2.88. The quantitative estimate of drug-likeness (QED) is 0.833. The van der Waals surface area contributed by atoms with Crippen LogP contribution in [0.25, 0.3) is 0 Å². The first-order chi connectivity index (χ1) is 11.3. The molecule has 0 bridgehead atoms. The molecule has 0 saturated heterocycles. The molecule has 0 radical (unpaired) electrons. The van der Waals surface area contributed by atoms with Crippen molar-refractivity contribution in [1.82, 2.24) is 10.2 Å². The minimum absolute atomic E-state index is 0.0403. The van der Waals surface area contributed by atoms with Gasteiger partial charge in [-0.15, -0.1) is 0 Å². The molecule has 0 spiro atoms. The van der Waals surface area contributed by atoms with Crippen LogP contribution >= 0.6 is 0 Å². The number of rotatable bonds is 6. The molecule has 5 heteroatoms. The lowest BCUT2D eigenvalue weighted by atomic mass is 10.1. The summed E-state index contributed by atoms with van der Waals surface area (Å²) in [6.07, 6.45) is 0.960. The molecule has 132 valence electrons. The molecule has 2 rings (SSSR count). The molecule has 24 heavy (non-hydrogen) atoms. The summed E-state index contributed by atoms with van der Waals surface area (Å²) in [5.74, 6) is 0.263. The van der Waals surface area contributed by atoms with Crippen LogP contribution in [0.1, 0.15) is 52.6 Å². The lowest BCUT2D eigenvalue weighted by Crippen LogP contribution is -2.34. The van der Waals surface area contributed by atoms with Crippen LogP contribution in [0.3, 0.4) is 0 Å². The Morgan fingerprint density at radius 1 is 1.21 bits per heavy atom. The fourth-order valence-corrected chi connectivity index (χ4v) is 2.88. The summed E-state index contributed by atoms with van der Waals surface area (Å²) in [5.41, 5.74) is 1.93. The lowest BCUT2D eigenvalue weighted by molar-refractivity contribution is -0.123. The first-order valence-electron chi connectivity index (χ1n) is 8.74. The van der Waals surface area contributed by atoms with Crippen molar-refractivity contribution < 1.29 is 9.59 Å². The van der Waals surface area contributed by atoms with Gasteiger partial charge in [0.15, 0.2) is 0 Å². The maximum Gasteiger partial charge on any atom is 0.321 e. The largest absolute Gasteiger partial charge is 0.349 e. The number of nitrogens with one attached hydrogen (secondary N) is 2. The number of amides is 3. The molecule has 1 aliphatic rings. The van der Waals surface area contributed by atoms with E-state index < -0.39 is 0 Å². The maximum absolute atomic E-state index is 12.2. The van der Waals surface area contributed by atoms with E-state index in [1.165, 1.54) is 0 Å². The SMILES string of the molecule is CCN(CC)C(=O)Nc1ccc(C(C)NC(=O)C2CC2(C)C)cc1. The average Bonchev–Trinajstić information content (AvgIpc) is 3.18. The van der Waals surface area contributed by atoms with E-state index in [9.17, 15) is 9.59 Å². The van der Waals surface area contributed by atoms with E-state index in [0.717, 1.165) is 17.7 Å². The molecule has 0 aliphatic heterocycles. The second-order valence-corrected chi connectivity index (χ2v) is 7.20. The first kappa shape index (κ1) is 18.3. The highest BCUT2D eigenvalue weighted by atomic mass is 16.2. The molecule has 1 saturated carbocycles. The molecule has 1 aliphatic carbocycles. The monoisotopic (exact) mass is 331 g/mol. The smallest absolute Gasteiger partial charge is 0.321 e. The second-order valence-electron chi connectivity index (χ2n) is 7.20. The van der Waals surface area contributed by atoms with E-state index in [1.54, 1.807) is 4.90 Å². The molecule has 5 nitrogen and oxygen atoms in total. The molecule has 1 aromatic carbocycles. The zero-order valence-corrected chi connectivity index (χ0v) is 15.3. The number of carbonyl (C=O) groups excluding carboxylic acids is 2. The van der Waals surface area contributed by atoms with Gasteiger partial charge in [0.2, 0.25) is 5.91 Å². The Labute approximate surface area is 144 Å². The van der Waals surface area contributed by atoms with Gasteiger partial charge < -0.3 is 15.5 Å². The molecular formula is C19H29N3O2. The van der Waals surface area contributed by atoms with Crippen LogP contribution in [0.2, 0.25) is 0 Å². The van der Waals surface area contributed by atoms with Gasteiger partial charge in [-0.25, -0.2) is 4.79 Å². The van der Waals surface area contributed by atoms with Gasteiger partial charge in [-0.2, -0.15) is 0 Å². The number of nitrogens with zero attached hydrogens (tertiary/aromatic N) is 1. The van der Waals surface area contributed by atoms with Gasteiger partial charge in [0.05, 0.1) is 6.04 Å². The van der Waals surface area contributed by atoms with Gasteiger partial charge in [-0.1, -0.05) is 26.0 Å². The van der Waals surface area contributed by atoms with Crippen LogP contribution in [-0.4, -0.2) is 29.9 Å². The van der Waals surface area contributed by atoms with Crippen molar-refractivity contribution in [3.8, 4) is 0 Å². The summed E-state index contributed by atoms with van der Waals surface area (Å²) in [4.78, 5) is 26.0. The predicted octanol–water partition coefficient (Wildman–Crippen LogP) is 3.78. The summed E-state index contributed by atoms with van der Waals surface area (Å²) in [7, 11) is 0. The van der Waals surface area contributed by atoms with Crippen LogP contribution in [0, 0.1) is 11.3 Å². The zero-order chi connectivity index (χ0) is 17.9. The summed E-state index contributed by atoms with van der Waals surface area (Å²) < 4.78 is 0. The summed E-state index contributed by atoms with van der Waals surface area (Å²) in [5, 5.41) is 5.97. The Hall–Kier alpha value is -2.04. The van der Waals surface area contributed by atoms with E-state index in [2.05, 4.69) is 24.5 Å². The standard InChI is InChI=1S/C19H29N3O2/c1-6-22(7-2)18(24)21-15-10-8-14(9-11-15)13(3)20-17(23)16-12-19(16,4)5/h8-11,13,16H,6-7,12H2,1-5H3,(H,20,23)(H,21,24). The summed E-state index contributed by atoms with van der Waals surface area (Å²) in [6.45, 7) is 11.5. The van der Waals surface area contributed by atoms with Crippen LogP contribution in [0.5, 0.6) is 0 Å². The lowest BCUT2D eigenvalue weighted by Gasteiger charge is -2.20. The Balaban J connectivity index is 1.91. The first-order valence-corrected chi connectivity index (χ1v) is 8.74. The van der Waals surface area contributed by atoms with Gasteiger partial charge in [-0.05, 0) is 50.3 Å². The third kappa shape index (κ3) is 4.28. The number of anilines is 1. The highest BCUT2D eigenvalue weighted by molar-refractivity contribution is 5.89. The summed E-state index contributed by atoms with van der Waals surface area (Å²) >= 11 is 0. The molecule has 1 fully saturated rings. The summed E-state index contributed by atoms with van der Waals surface area (Å²) in [6, 6.07) is 7.51. The van der Waals surface area contributed by atoms with Gasteiger partial charge in [0, 0.05) is 24.7 Å². The number of hydrogen-bond acceptors (Lipinski definition) is 2. The molecular weight excluding hydrogens is 302 g/mol. The average molecular weight is 331 g/mol. The Kier molecular flexibility index (Phi) is 5.52. The highest BCUT2D eigenvalue weighted by Crippen LogP contribution is 2.51. The van der Waals surface area contributed by atoms with Crippen molar-refractivity contribution in [3.05, 3.63) is 29.8 Å². The topological polar surface area (TPSA) is 61.4 Å². The minimum atomic E-state index is -0.0925. The normalized spacial score (nSPS) is 19.3. The second kappa shape index (κ2) is 7.24. The van der Waals surface area contributed by atoms with Crippen molar-refractivity contribution in [1.29, 1.82) is 0 Å². The highest BCUT2D eigenvalue weighted by Gasteiger charge is 2.50. The molecule has 3 amide bonds. The molecule has 0 aromatic heterocycles. The van der Waals surface area contributed by atoms with Crippen molar-refractivity contribution in [2.24, 2.45) is 11.3 Å². The third-order valence-electron chi connectivity index (χ3n) is 4.90. The third-order valence-corrected chi connectivity index (χ3v) is 4.90. The predicted molar refractivity (Wildman–Crippen MR) is 96.8 cm³/mol. The van der Waals surface area contributed by atoms with E-state index in [1.807, 2.05) is 45.0 Å². The minimum Gasteiger partial charge on any atom is -0.349 e. The van der Waals surface area contributed by atoms with Gasteiger partial charge in [-0.3, -0.25) is 4.79 Å². The van der Waals surface area contributed by atoms with Crippen LogP contribution < -0.4 is 10.6 Å². The van der Waals surface area contributed by atoms with Crippen molar-refractivity contribution in [3.63, 3.8) is 0 Å². The van der Waals surface area contributed by atoms with E-state index in [0.29, 0.717) is 13.1 Å². The van der Waals surface area contributed by atoms with Crippen molar-refractivity contribution >= 4 is 17.6 Å². The Morgan fingerprint density at radius 2 is 1.75 bits per heavy atom. The number of urea groups is 1. The molecule has 2 atom stereocenters. The van der Waals surface area contributed by atoms with Gasteiger partial charge in [0.1, 0.15) is 0 Å². The Bertz CT molecular complexity index is 591. The molecule has 2 N–H and O–H groups in total. The van der Waals surface area contributed by atoms with Crippen molar-refractivity contribution in [2.45, 2.75) is 47.1 Å². The van der Waals surface area contributed by atoms with E-state index >= 15 is 0 Å². The molecule has 1 aromatic rings. The van der Waals surface area contributed by atoms with Crippen LogP contribution in [0.15, 0.2) is 24.3 Å².